The lowest BCUT2D eigenvalue weighted by molar-refractivity contribution is -0.127. The second-order valence-corrected chi connectivity index (χ2v) is 8.32. The normalized spacial score (nSPS) is 18.2. The Labute approximate surface area is 162 Å². The predicted octanol–water partition coefficient (Wildman–Crippen LogP) is 2.91. The summed E-state index contributed by atoms with van der Waals surface area (Å²) >= 11 is 0. The molecular weight excluding hydrogens is 342 g/mol. The molecule has 2 saturated heterocycles. The first-order valence-electron chi connectivity index (χ1n) is 9.92. The number of hydrogen-bond acceptors (Lipinski definition) is 4. The molecule has 1 aromatic rings. The van der Waals surface area contributed by atoms with Gasteiger partial charge in [0.1, 0.15) is 5.60 Å². The third-order valence-electron chi connectivity index (χ3n) is 5.09. The van der Waals surface area contributed by atoms with Gasteiger partial charge in [-0.1, -0.05) is 18.2 Å². The molecule has 2 aliphatic heterocycles. The van der Waals surface area contributed by atoms with E-state index in [9.17, 15) is 9.59 Å². The molecular formula is C21H31N3O3. The minimum atomic E-state index is -0.464. The molecule has 2 amide bonds. The molecule has 0 radical (unpaired) electrons. The van der Waals surface area contributed by atoms with Crippen molar-refractivity contribution in [2.45, 2.75) is 45.6 Å². The molecule has 27 heavy (non-hydrogen) atoms. The van der Waals surface area contributed by atoms with Crippen molar-refractivity contribution in [2.24, 2.45) is 0 Å². The van der Waals surface area contributed by atoms with Crippen molar-refractivity contribution in [2.75, 3.05) is 44.2 Å². The maximum Gasteiger partial charge on any atom is 0.410 e. The molecule has 0 bridgehead atoms. The van der Waals surface area contributed by atoms with Crippen LogP contribution in [0.15, 0.2) is 24.3 Å². The number of carbonyl (C=O) groups is 2. The topological polar surface area (TPSA) is 53.1 Å². The van der Waals surface area contributed by atoms with Crippen LogP contribution < -0.4 is 4.90 Å². The maximum atomic E-state index is 12.3. The zero-order valence-corrected chi connectivity index (χ0v) is 16.7. The molecule has 0 N–H and O–H groups in total. The van der Waals surface area contributed by atoms with Gasteiger partial charge in [-0.15, -0.1) is 0 Å². The van der Waals surface area contributed by atoms with Crippen LogP contribution in [0.1, 0.15) is 39.2 Å². The summed E-state index contributed by atoms with van der Waals surface area (Å²) in [6.07, 6.45) is 2.30. The standard InChI is InChI=1S/C21H31N3O3/c1-21(2,3)27-20(26)24-15-13-22(14-16-24)18-8-5-4-7-17(18)10-12-23-11-6-9-19(23)25/h4-5,7-8H,6,9-16H2,1-3H3. The molecule has 0 saturated carbocycles. The van der Waals surface area contributed by atoms with Crippen molar-refractivity contribution in [1.29, 1.82) is 0 Å². The minimum absolute atomic E-state index is 0.233. The van der Waals surface area contributed by atoms with Crippen LogP contribution in [-0.4, -0.2) is 66.7 Å². The van der Waals surface area contributed by atoms with Crippen molar-refractivity contribution in [3.8, 4) is 0 Å². The number of ether oxygens (including phenoxy) is 1. The summed E-state index contributed by atoms with van der Waals surface area (Å²) in [6, 6.07) is 8.40. The van der Waals surface area contributed by atoms with Crippen molar-refractivity contribution >= 4 is 17.7 Å². The van der Waals surface area contributed by atoms with Crippen molar-refractivity contribution in [3.63, 3.8) is 0 Å². The fourth-order valence-electron chi connectivity index (χ4n) is 3.68. The number of para-hydroxylation sites is 1. The van der Waals surface area contributed by atoms with Gasteiger partial charge in [0.15, 0.2) is 0 Å². The average molecular weight is 373 g/mol. The number of benzene rings is 1. The quantitative estimate of drug-likeness (QED) is 0.814. The molecule has 6 nitrogen and oxygen atoms in total. The molecule has 0 atom stereocenters. The fraction of sp³-hybridized carbons (Fsp3) is 0.619. The van der Waals surface area contributed by atoms with Gasteiger partial charge in [-0.25, -0.2) is 4.79 Å². The maximum absolute atomic E-state index is 12.3. The molecule has 3 rings (SSSR count). The fourth-order valence-corrected chi connectivity index (χ4v) is 3.68. The van der Waals surface area contributed by atoms with Crippen LogP contribution in [0.5, 0.6) is 0 Å². The van der Waals surface area contributed by atoms with Gasteiger partial charge in [0.2, 0.25) is 5.91 Å². The second-order valence-electron chi connectivity index (χ2n) is 8.32. The average Bonchev–Trinajstić information content (AvgIpc) is 3.04. The molecule has 0 aromatic heterocycles. The highest BCUT2D eigenvalue weighted by Gasteiger charge is 2.27. The highest BCUT2D eigenvalue weighted by Crippen LogP contribution is 2.24. The summed E-state index contributed by atoms with van der Waals surface area (Å²) in [4.78, 5) is 30.2. The van der Waals surface area contributed by atoms with Crippen LogP contribution in [-0.2, 0) is 16.0 Å². The van der Waals surface area contributed by atoms with Crippen LogP contribution in [0.3, 0.4) is 0 Å². The Kier molecular flexibility index (Phi) is 5.92. The first-order valence-corrected chi connectivity index (χ1v) is 9.92. The summed E-state index contributed by atoms with van der Waals surface area (Å²) in [5, 5.41) is 0. The number of piperazine rings is 1. The SMILES string of the molecule is CC(C)(C)OC(=O)N1CCN(c2ccccc2CCN2CCCC2=O)CC1. The van der Waals surface area contributed by atoms with Crippen LogP contribution in [0.4, 0.5) is 10.5 Å². The van der Waals surface area contributed by atoms with Crippen molar-refractivity contribution in [3.05, 3.63) is 29.8 Å². The number of anilines is 1. The summed E-state index contributed by atoms with van der Waals surface area (Å²) in [6.45, 7) is 10.2. The lowest BCUT2D eigenvalue weighted by Gasteiger charge is -2.37. The Balaban J connectivity index is 1.58. The molecule has 2 heterocycles. The number of amides is 2. The number of hydrogen-bond donors (Lipinski definition) is 0. The minimum Gasteiger partial charge on any atom is -0.444 e. The number of carbonyl (C=O) groups excluding carboxylic acids is 2. The largest absolute Gasteiger partial charge is 0.444 e. The summed E-state index contributed by atoms with van der Waals surface area (Å²) < 4.78 is 5.48. The van der Waals surface area contributed by atoms with Crippen LogP contribution in [0.25, 0.3) is 0 Å². The third kappa shape index (κ3) is 5.15. The van der Waals surface area contributed by atoms with Gasteiger partial charge in [-0.05, 0) is 45.2 Å². The van der Waals surface area contributed by atoms with E-state index in [2.05, 4.69) is 29.2 Å². The molecule has 6 heteroatoms. The number of rotatable bonds is 4. The van der Waals surface area contributed by atoms with E-state index in [4.69, 9.17) is 4.74 Å². The molecule has 2 aliphatic rings. The van der Waals surface area contributed by atoms with Gasteiger partial charge in [-0.2, -0.15) is 0 Å². The van der Waals surface area contributed by atoms with Gasteiger partial charge in [-0.3, -0.25) is 4.79 Å². The van der Waals surface area contributed by atoms with Gasteiger partial charge in [0.25, 0.3) is 0 Å². The van der Waals surface area contributed by atoms with Gasteiger partial charge < -0.3 is 19.4 Å². The first-order chi connectivity index (χ1) is 12.8. The zero-order chi connectivity index (χ0) is 19.4. The highest BCUT2D eigenvalue weighted by molar-refractivity contribution is 5.78. The lowest BCUT2D eigenvalue weighted by Crippen LogP contribution is -2.50. The molecule has 1 aromatic carbocycles. The van der Waals surface area contributed by atoms with Crippen LogP contribution >= 0.6 is 0 Å². The molecule has 0 spiro atoms. The smallest absolute Gasteiger partial charge is 0.410 e. The van der Waals surface area contributed by atoms with Crippen molar-refractivity contribution < 1.29 is 14.3 Å². The second kappa shape index (κ2) is 8.19. The predicted molar refractivity (Wildman–Crippen MR) is 106 cm³/mol. The van der Waals surface area contributed by atoms with E-state index in [0.717, 1.165) is 39.0 Å². The van der Waals surface area contributed by atoms with Gasteiger partial charge in [0.05, 0.1) is 0 Å². The highest BCUT2D eigenvalue weighted by atomic mass is 16.6. The van der Waals surface area contributed by atoms with E-state index in [1.165, 1.54) is 11.3 Å². The van der Waals surface area contributed by atoms with E-state index in [1.54, 1.807) is 4.90 Å². The Morgan fingerprint density at radius 1 is 1.07 bits per heavy atom. The molecule has 0 aliphatic carbocycles. The Hall–Kier alpha value is -2.24. The van der Waals surface area contributed by atoms with E-state index in [0.29, 0.717) is 19.5 Å². The molecule has 2 fully saturated rings. The van der Waals surface area contributed by atoms with Crippen LogP contribution in [0.2, 0.25) is 0 Å². The lowest BCUT2D eigenvalue weighted by atomic mass is 10.1. The number of nitrogens with zero attached hydrogens (tertiary/aromatic N) is 3. The van der Waals surface area contributed by atoms with Crippen molar-refractivity contribution in [1.82, 2.24) is 9.80 Å². The first kappa shape index (κ1) is 19.5. The molecule has 0 unspecified atom stereocenters. The van der Waals surface area contributed by atoms with Crippen LogP contribution in [0, 0.1) is 0 Å². The monoisotopic (exact) mass is 373 g/mol. The number of likely N-dealkylation sites (tertiary alicyclic amines) is 1. The molecule has 148 valence electrons. The Morgan fingerprint density at radius 3 is 2.41 bits per heavy atom. The zero-order valence-electron chi connectivity index (χ0n) is 16.7. The van der Waals surface area contributed by atoms with E-state index < -0.39 is 5.60 Å². The Bertz CT molecular complexity index is 675. The third-order valence-corrected chi connectivity index (χ3v) is 5.09. The summed E-state index contributed by atoms with van der Waals surface area (Å²) in [5.41, 5.74) is 2.02. The van der Waals surface area contributed by atoms with Gasteiger partial charge in [0, 0.05) is 51.4 Å². The van der Waals surface area contributed by atoms with E-state index in [1.807, 2.05) is 25.7 Å². The Morgan fingerprint density at radius 2 is 1.78 bits per heavy atom. The summed E-state index contributed by atoms with van der Waals surface area (Å²) in [5.74, 6) is 0.276. The van der Waals surface area contributed by atoms with Gasteiger partial charge >= 0.3 is 6.09 Å². The van der Waals surface area contributed by atoms with E-state index in [-0.39, 0.29) is 12.0 Å². The summed E-state index contributed by atoms with van der Waals surface area (Å²) in [7, 11) is 0. The van der Waals surface area contributed by atoms with E-state index >= 15 is 0 Å².